The fourth-order valence-corrected chi connectivity index (χ4v) is 2.52. The maximum Gasteiger partial charge on any atom is 0.130 e. The van der Waals surface area contributed by atoms with Gasteiger partial charge in [0.25, 0.3) is 0 Å². The molecular weight excluding hydrogens is 258 g/mol. The summed E-state index contributed by atoms with van der Waals surface area (Å²) < 4.78 is 16.0. The molecule has 5 nitrogen and oxygen atoms in total. The van der Waals surface area contributed by atoms with Gasteiger partial charge in [-0.2, -0.15) is 0 Å². The third-order valence-electron chi connectivity index (χ3n) is 3.76. The summed E-state index contributed by atoms with van der Waals surface area (Å²) in [6.45, 7) is 1.57. The van der Waals surface area contributed by atoms with E-state index in [0.717, 1.165) is 36.4 Å². The van der Waals surface area contributed by atoms with Crippen LogP contribution in [0.25, 0.3) is 0 Å². The second-order valence-electron chi connectivity index (χ2n) is 5.13. The Bertz CT molecular complexity index is 418. The van der Waals surface area contributed by atoms with Gasteiger partial charge in [0.1, 0.15) is 17.2 Å². The molecule has 20 heavy (non-hydrogen) atoms. The second kappa shape index (κ2) is 6.81. The lowest BCUT2D eigenvalue weighted by Crippen LogP contribution is -2.36. The Hall–Kier alpha value is -1.46. The normalized spacial score (nSPS) is 21.2. The van der Waals surface area contributed by atoms with Gasteiger partial charge in [-0.05, 0) is 25.3 Å². The highest BCUT2D eigenvalue weighted by atomic mass is 16.5. The highest BCUT2D eigenvalue weighted by Crippen LogP contribution is 2.34. The van der Waals surface area contributed by atoms with Crippen LogP contribution in [0.3, 0.4) is 0 Å². The van der Waals surface area contributed by atoms with Gasteiger partial charge in [0.2, 0.25) is 0 Å². The molecule has 0 heterocycles. The van der Waals surface area contributed by atoms with Crippen molar-refractivity contribution in [2.45, 2.75) is 25.5 Å². The van der Waals surface area contributed by atoms with Crippen LogP contribution in [0.15, 0.2) is 12.1 Å². The van der Waals surface area contributed by atoms with Gasteiger partial charge in [-0.15, -0.1) is 0 Å². The molecule has 0 aliphatic heterocycles. The Morgan fingerprint density at radius 2 is 1.70 bits per heavy atom. The van der Waals surface area contributed by atoms with Gasteiger partial charge in [-0.25, -0.2) is 0 Å². The molecule has 1 fully saturated rings. The molecule has 2 N–H and O–H groups in total. The minimum Gasteiger partial charge on any atom is -0.496 e. The molecule has 0 atom stereocenters. The zero-order valence-corrected chi connectivity index (χ0v) is 12.3. The molecule has 112 valence electrons. The maximum absolute atomic E-state index is 9.28. The first kappa shape index (κ1) is 14.9. The number of aliphatic hydroxyl groups excluding tert-OH is 1. The Morgan fingerprint density at radius 1 is 1.10 bits per heavy atom. The van der Waals surface area contributed by atoms with Crippen LogP contribution < -0.4 is 19.5 Å². The van der Waals surface area contributed by atoms with E-state index in [-0.39, 0.29) is 6.10 Å². The zero-order chi connectivity index (χ0) is 14.5. The Labute approximate surface area is 119 Å². The maximum atomic E-state index is 9.28. The van der Waals surface area contributed by atoms with Crippen LogP contribution in [-0.2, 0) is 6.54 Å². The van der Waals surface area contributed by atoms with Gasteiger partial charge in [-0.1, -0.05) is 0 Å². The van der Waals surface area contributed by atoms with Crippen molar-refractivity contribution in [2.24, 2.45) is 5.92 Å². The number of methoxy groups -OCH3 is 3. The molecule has 1 aromatic carbocycles. The van der Waals surface area contributed by atoms with E-state index in [0.29, 0.717) is 18.2 Å². The summed E-state index contributed by atoms with van der Waals surface area (Å²) in [7, 11) is 4.90. The number of benzene rings is 1. The molecule has 0 unspecified atom stereocenters. The SMILES string of the molecule is COc1cc(OC)c(CNCC2CC(O)C2)c(OC)c1. The quantitative estimate of drug-likeness (QED) is 0.794. The molecule has 0 radical (unpaired) electrons. The second-order valence-corrected chi connectivity index (χ2v) is 5.13. The third kappa shape index (κ3) is 3.35. The summed E-state index contributed by atoms with van der Waals surface area (Å²) in [5, 5.41) is 12.7. The molecular formula is C15H23NO4. The Balaban J connectivity index is 2.01. The Kier molecular flexibility index (Phi) is 5.09. The predicted molar refractivity (Wildman–Crippen MR) is 76.5 cm³/mol. The van der Waals surface area contributed by atoms with Crippen molar-refractivity contribution in [3.63, 3.8) is 0 Å². The van der Waals surface area contributed by atoms with Crippen LogP contribution in [0, 0.1) is 5.92 Å². The lowest BCUT2D eigenvalue weighted by atomic mass is 9.82. The molecule has 2 rings (SSSR count). The van der Waals surface area contributed by atoms with Crippen molar-refractivity contribution < 1.29 is 19.3 Å². The van der Waals surface area contributed by atoms with Crippen molar-refractivity contribution in [2.75, 3.05) is 27.9 Å². The molecule has 1 aliphatic carbocycles. The lowest BCUT2D eigenvalue weighted by Gasteiger charge is -2.31. The van der Waals surface area contributed by atoms with Crippen LogP contribution in [-0.4, -0.2) is 39.1 Å². The molecule has 0 bridgehead atoms. The highest BCUT2D eigenvalue weighted by molar-refractivity contribution is 5.50. The predicted octanol–water partition coefficient (Wildman–Crippen LogP) is 1.57. The minimum atomic E-state index is -0.105. The number of hydrogen-bond donors (Lipinski definition) is 2. The van der Waals surface area contributed by atoms with Gasteiger partial charge < -0.3 is 24.6 Å². The van der Waals surface area contributed by atoms with Gasteiger partial charge in [0, 0.05) is 18.7 Å². The third-order valence-corrected chi connectivity index (χ3v) is 3.76. The fourth-order valence-electron chi connectivity index (χ4n) is 2.52. The number of rotatable bonds is 7. The van der Waals surface area contributed by atoms with Crippen LogP contribution in [0.2, 0.25) is 0 Å². The monoisotopic (exact) mass is 281 g/mol. The molecule has 0 saturated heterocycles. The van der Waals surface area contributed by atoms with Crippen molar-refractivity contribution in [1.82, 2.24) is 5.32 Å². The largest absolute Gasteiger partial charge is 0.496 e. The van der Waals surface area contributed by atoms with E-state index in [4.69, 9.17) is 14.2 Å². The molecule has 1 aliphatic rings. The molecule has 0 aromatic heterocycles. The van der Waals surface area contributed by atoms with E-state index in [1.807, 2.05) is 12.1 Å². The van der Waals surface area contributed by atoms with Gasteiger partial charge in [0.05, 0.1) is 33.0 Å². The van der Waals surface area contributed by atoms with E-state index in [1.54, 1.807) is 21.3 Å². The first-order valence-corrected chi connectivity index (χ1v) is 6.85. The van der Waals surface area contributed by atoms with E-state index < -0.39 is 0 Å². The van der Waals surface area contributed by atoms with Gasteiger partial charge in [-0.3, -0.25) is 0 Å². The summed E-state index contributed by atoms with van der Waals surface area (Å²) in [6, 6.07) is 3.71. The fraction of sp³-hybridized carbons (Fsp3) is 0.600. The number of aliphatic hydroxyl groups is 1. The van der Waals surface area contributed by atoms with E-state index in [1.165, 1.54) is 0 Å². The van der Waals surface area contributed by atoms with E-state index in [9.17, 15) is 5.11 Å². The summed E-state index contributed by atoms with van der Waals surface area (Å²) >= 11 is 0. The first-order chi connectivity index (χ1) is 9.67. The first-order valence-electron chi connectivity index (χ1n) is 6.85. The standard InChI is InChI=1S/C15H23NO4/c1-18-12-6-14(19-2)13(15(7-12)20-3)9-16-8-10-4-11(17)5-10/h6-7,10-11,16-17H,4-5,8-9H2,1-3H3. The minimum absolute atomic E-state index is 0.105. The number of ether oxygens (including phenoxy) is 3. The average Bonchev–Trinajstić information content (AvgIpc) is 2.44. The van der Waals surface area contributed by atoms with Crippen LogP contribution in [0.5, 0.6) is 17.2 Å². The van der Waals surface area contributed by atoms with Crippen LogP contribution in [0.1, 0.15) is 18.4 Å². The van der Waals surface area contributed by atoms with Crippen LogP contribution >= 0.6 is 0 Å². The average molecular weight is 281 g/mol. The molecule has 5 heteroatoms. The van der Waals surface area contributed by atoms with Gasteiger partial charge in [0.15, 0.2) is 0 Å². The van der Waals surface area contributed by atoms with Crippen molar-refractivity contribution in [3.8, 4) is 17.2 Å². The highest BCUT2D eigenvalue weighted by Gasteiger charge is 2.26. The summed E-state index contributed by atoms with van der Waals surface area (Å²) in [5.74, 6) is 2.79. The van der Waals surface area contributed by atoms with Crippen molar-refractivity contribution >= 4 is 0 Å². The zero-order valence-electron chi connectivity index (χ0n) is 12.3. The molecule has 1 saturated carbocycles. The topological polar surface area (TPSA) is 60.0 Å². The molecule has 0 spiro atoms. The Morgan fingerprint density at radius 3 is 2.15 bits per heavy atom. The smallest absolute Gasteiger partial charge is 0.130 e. The summed E-state index contributed by atoms with van der Waals surface area (Å²) in [6.07, 6.45) is 1.68. The number of nitrogens with one attached hydrogen (secondary N) is 1. The van der Waals surface area contributed by atoms with E-state index in [2.05, 4.69) is 5.32 Å². The molecule has 0 amide bonds. The molecule has 1 aromatic rings. The van der Waals surface area contributed by atoms with Gasteiger partial charge >= 0.3 is 0 Å². The van der Waals surface area contributed by atoms with Crippen molar-refractivity contribution in [1.29, 1.82) is 0 Å². The van der Waals surface area contributed by atoms with Crippen molar-refractivity contribution in [3.05, 3.63) is 17.7 Å². The van der Waals surface area contributed by atoms with E-state index >= 15 is 0 Å². The summed E-state index contributed by atoms with van der Waals surface area (Å²) in [5.41, 5.74) is 0.982. The van der Waals surface area contributed by atoms with Crippen LogP contribution in [0.4, 0.5) is 0 Å². The summed E-state index contributed by atoms with van der Waals surface area (Å²) in [4.78, 5) is 0. The number of hydrogen-bond acceptors (Lipinski definition) is 5. The lowest BCUT2D eigenvalue weighted by molar-refractivity contribution is 0.0429.